The van der Waals surface area contributed by atoms with E-state index in [9.17, 15) is 29.9 Å². The van der Waals surface area contributed by atoms with Crippen LogP contribution < -0.4 is 5.43 Å². The van der Waals surface area contributed by atoms with Crippen LogP contribution in [0.1, 0.15) is 11.7 Å². The van der Waals surface area contributed by atoms with Crippen LogP contribution in [0.25, 0.3) is 10.9 Å². The highest BCUT2D eigenvalue weighted by Crippen LogP contribution is 2.21. The van der Waals surface area contributed by atoms with Crippen molar-refractivity contribution in [2.24, 2.45) is 0 Å². The van der Waals surface area contributed by atoms with Crippen molar-refractivity contribution in [3.63, 3.8) is 0 Å². The molecule has 2 unspecified atom stereocenters. The van der Waals surface area contributed by atoms with Crippen molar-refractivity contribution in [2.45, 2.75) is 12.2 Å². The van der Waals surface area contributed by atoms with E-state index in [0.29, 0.717) is 5.52 Å². The molecule has 22 heavy (non-hydrogen) atoms. The number of pyridine rings is 1. The van der Waals surface area contributed by atoms with Crippen LogP contribution in [0.15, 0.2) is 29.2 Å². The molecule has 0 spiro atoms. The number of fused-ring (bicyclic) bond motifs is 1. The van der Waals surface area contributed by atoms with Crippen molar-refractivity contribution in [3.05, 3.63) is 50.3 Å². The first-order valence-electron chi connectivity index (χ1n) is 6.10. The maximum absolute atomic E-state index is 12.0. The number of hydrogen-bond acceptors (Lipinski definition) is 7. The van der Waals surface area contributed by atoms with E-state index in [-0.39, 0.29) is 10.9 Å². The summed E-state index contributed by atoms with van der Waals surface area (Å²) < 4.78 is 4.31. The molecular weight excluding hydrogens is 296 g/mol. The van der Waals surface area contributed by atoms with Gasteiger partial charge in [-0.3, -0.25) is 14.9 Å². The molecular formula is C13H12N2O7. The SMILES string of the molecule is COC(=O)C(O)C(O)c1ccc2[nH]cc([N+](=O)[O-])c(=O)c2c1. The number of esters is 1. The molecule has 1 aromatic heterocycles. The van der Waals surface area contributed by atoms with E-state index in [2.05, 4.69) is 9.72 Å². The Labute approximate surface area is 122 Å². The third-order valence-electron chi connectivity index (χ3n) is 3.17. The lowest BCUT2D eigenvalue weighted by Gasteiger charge is -2.16. The molecule has 1 heterocycles. The summed E-state index contributed by atoms with van der Waals surface area (Å²) in [6.07, 6.45) is -2.49. The highest BCUT2D eigenvalue weighted by Gasteiger charge is 2.27. The molecule has 0 aliphatic carbocycles. The van der Waals surface area contributed by atoms with Gasteiger partial charge in [0.1, 0.15) is 6.10 Å². The van der Waals surface area contributed by atoms with Crippen molar-refractivity contribution in [1.29, 1.82) is 0 Å². The standard InChI is InChI=1S/C13H12N2O7/c1-22-13(19)12(18)10(16)6-2-3-8-7(4-6)11(17)9(5-14-8)15(20)21/h2-5,10,12,16,18H,1H3,(H,14,17). The van der Waals surface area contributed by atoms with E-state index in [4.69, 9.17) is 0 Å². The molecule has 0 radical (unpaired) electrons. The predicted octanol–water partition coefficient (Wildman–Crippen LogP) is 0.00360. The number of carbonyl (C=O) groups excluding carboxylic acids is 1. The van der Waals surface area contributed by atoms with Gasteiger partial charge >= 0.3 is 11.7 Å². The van der Waals surface area contributed by atoms with Crippen LogP contribution in [0.4, 0.5) is 5.69 Å². The molecule has 0 fully saturated rings. The molecule has 116 valence electrons. The highest BCUT2D eigenvalue weighted by atomic mass is 16.6. The predicted molar refractivity (Wildman–Crippen MR) is 74.2 cm³/mol. The van der Waals surface area contributed by atoms with E-state index in [1.165, 1.54) is 18.2 Å². The lowest BCUT2D eigenvalue weighted by molar-refractivity contribution is -0.386. The van der Waals surface area contributed by atoms with E-state index < -0.39 is 34.2 Å². The van der Waals surface area contributed by atoms with Gasteiger partial charge in [-0.1, -0.05) is 6.07 Å². The molecule has 0 saturated carbocycles. The number of benzene rings is 1. The average Bonchev–Trinajstić information content (AvgIpc) is 2.52. The van der Waals surface area contributed by atoms with Gasteiger partial charge < -0.3 is 19.9 Å². The van der Waals surface area contributed by atoms with Crippen LogP contribution in [-0.4, -0.2) is 39.3 Å². The zero-order chi connectivity index (χ0) is 16.4. The summed E-state index contributed by atoms with van der Waals surface area (Å²) in [7, 11) is 1.05. The highest BCUT2D eigenvalue weighted by molar-refractivity contribution is 5.81. The van der Waals surface area contributed by atoms with Gasteiger partial charge in [-0.2, -0.15) is 0 Å². The summed E-state index contributed by atoms with van der Waals surface area (Å²) in [6.45, 7) is 0. The third-order valence-corrected chi connectivity index (χ3v) is 3.17. The zero-order valence-corrected chi connectivity index (χ0v) is 11.3. The number of nitro groups is 1. The fraction of sp³-hybridized carbons (Fsp3) is 0.231. The molecule has 0 amide bonds. The van der Waals surface area contributed by atoms with Gasteiger partial charge in [0, 0.05) is 5.52 Å². The van der Waals surface area contributed by atoms with Gasteiger partial charge in [-0.25, -0.2) is 4.79 Å². The van der Waals surface area contributed by atoms with Gasteiger partial charge in [-0.05, 0) is 17.7 Å². The number of aromatic nitrogens is 1. The maximum atomic E-state index is 12.0. The fourth-order valence-electron chi connectivity index (χ4n) is 1.98. The smallest absolute Gasteiger partial charge is 0.337 e. The van der Waals surface area contributed by atoms with Gasteiger partial charge in [-0.15, -0.1) is 0 Å². The molecule has 0 aliphatic heterocycles. The molecule has 1 aromatic carbocycles. The van der Waals surface area contributed by atoms with Gasteiger partial charge in [0.05, 0.1) is 23.6 Å². The first-order valence-corrected chi connectivity index (χ1v) is 6.10. The Bertz CT molecular complexity index is 799. The second kappa shape index (κ2) is 5.92. The normalized spacial score (nSPS) is 13.6. The largest absolute Gasteiger partial charge is 0.467 e. The van der Waals surface area contributed by atoms with Crippen LogP contribution in [-0.2, 0) is 9.53 Å². The van der Waals surface area contributed by atoms with Crippen molar-refractivity contribution < 1.29 is 24.7 Å². The van der Waals surface area contributed by atoms with E-state index in [1.807, 2.05) is 0 Å². The molecule has 0 saturated heterocycles. The number of aromatic amines is 1. The monoisotopic (exact) mass is 308 g/mol. The number of carbonyl (C=O) groups is 1. The number of nitrogens with one attached hydrogen (secondary N) is 1. The van der Waals surface area contributed by atoms with Crippen molar-refractivity contribution in [3.8, 4) is 0 Å². The Kier molecular flexibility index (Phi) is 4.20. The summed E-state index contributed by atoms with van der Waals surface area (Å²) in [4.78, 5) is 35.7. The first-order chi connectivity index (χ1) is 10.4. The lowest BCUT2D eigenvalue weighted by atomic mass is 10.0. The van der Waals surface area contributed by atoms with Crippen LogP contribution in [0.2, 0.25) is 0 Å². The quantitative estimate of drug-likeness (QED) is 0.410. The average molecular weight is 308 g/mol. The summed E-state index contributed by atoms with van der Waals surface area (Å²) in [5, 5.41) is 30.2. The molecule has 2 rings (SSSR count). The minimum atomic E-state index is -1.83. The second-order valence-electron chi connectivity index (χ2n) is 4.48. The molecule has 9 heteroatoms. The number of rotatable bonds is 4. The summed E-state index contributed by atoms with van der Waals surface area (Å²) >= 11 is 0. The number of nitrogens with zero attached hydrogens (tertiary/aromatic N) is 1. The van der Waals surface area contributed by atoms with E-state index >= 15 is 0 Å². The molecule has 3 N–H and O–H groups in total. The van der Waals surface area contributed by atoms with E-state index in [1.54, 1.807) is 0 Å². The molecule has 2 aromatic rings. The molecule has 2 atom stereocenters. The summed E-state index contributed by atoms with van der Waals surface area (Å²) in [6, 6.07) is 3.96. The Balaban J connectivity index is 2.54. The van der Waals surface area contributed by atoms with Crippen LogP contribution in [0.5, 0.6) is 0 Å². The van der Waals surface area contributed by atoms with Crippen LogP contribution >= 0.6 is 0 Å². The molecule has 9 nitrogen and oxygen atoms in total. The summed E-state index contributed by atoms with van der Waals surface area (Å²) in [5.41, 5.74) is -1.11. The van der Waals surface area contributed by atoms with Crippen LogP contribution in [0.3, 0.4) is 0 Å². The number of methoxy groups -OCH3 is 1. The minimum absolute atomic E-state index is 0.0391. The van der Waals surface area contributed by atoms with Crippen molar-refractivity contribution in [2.75, 3.05) is 7.11 Å². The van der Waals surface area contributed by atoms with Crippen LogP contribution in [0, 0.1) is 10.1 Å². The number of aliphatic hydroxyl groups excluding tert-OH is 2. The topological polar surface area (TPSA) is 143 Å². The number of H-pyrrole nitrogens is 1. The van der Waals surface area contributed by atoms with Crippen molar-refractivity contribution >= 4 is 22.6 Å². The van der Waals surface area contributed by atoms with Crippen molar-refractivity contribution in [1.82, 2.24) is 4.98 Å². The van der Waals surface area contributed by atoms with Gasteiger partial charge in [0.2, 0.25) is 0 Å². The Morgan fingerprint density at radius 3 is 2.68 bits per heavy atom. The Morgan fingerprint density at radius 2 is 2.09 bits per heavy atom. The molecule has 0 bridgehead atoms. The number of aliphatic hydroxyl groups is 2. The first kappa shape index (κ1) is 15.6. The van der Waals surface area contributed by atoms with E-state index in [0.717, 1.165) is 13.3 Å². The summed E-state index contributed by atoms with van der Waals surface area (Å²) in [5.74, 6) is -1.04. The lowest BCUT2D eigenvalue weighted by Crippen LogP contribution is -2.29. The third kappa shape index (κ3) is 2.67. The number of ether oxygens (including phenoxy) is 1. The fourth-order valence-corrected chi connectivity index (χ4v) is 1.98. The molecule has 0 aliphatic rings. The van der Waals surface area contributed by atoms with Gasteiger partial charge in [0.25, 0.3) is 5.43 Å². The van der Waals surface area contributed by atoms with Gasteiger partial charge in [0.15, 0.2) is 6.10 Å². The zero-order valence-electron chi connectivity index (χ0n) is 11.3. The Hall–Kier alpha value is -2.78. The number of hydrogen-bond donors (Lipinski definition) is 3. The second-order valence-corrected chi connectivity index (χ2v) is 4.48. The minimum Gasteiger partial charge on any atom is -0.467 e. The Morgan fingerprint density at radius 1 is 1.41 bits per heavy atom. The maximum Gasteiger partial charge on any atom is 0.337 e.